The molecule has 0 aromatic carbocycles. The highest BCUT2D eigenvalue weighted by atomic mass is 79.9. The molecule has 2 nitrogen and oxygen atoms in total. The van der Waals surface area contributed by atoms with Crippen molar-refractivity contribution in [1.82, 2.24) is 5.32 Å². The zero-order valence-electron chi connectivity index (χ0n) is 11.1. The van der Waals surface area contributed by atoms with Gasteiger partial charge in [0.25, 0.3) is 0 Å². The average Bonchev–Trinajstić information content (AvgIpc) is 1.96. The SMILES string of the molecule is CC(Br)C(=O)NC1CC(C)(C)CC(C)(C)C1. The van der Waals surface area contributed by atoms with Gasteiger partial charge in [-0.05, 0) is 37.0 Å². The molecule has 1 aliphatic carbocycles. The van der Waals surface area contributed by atoms with Crippen LogP contribution in [0.1, 0.15) is 53.9 Å². The first-order valence-electron chi connectivity index (χ1n) is 6.06. The largest absolute Gasteiger partial charge is 0.352 e. The summed E-state index contributed by atoms with van der Waals surface area (Å²) in [6.07, 6.45) is 3.40. The molecular formula is C13H24BrNO. The normalized spacial score (nSPS) is 26.1. The highest BCUT2D eigenvalue weighted by Crippen LogP contribution is 2.45. The molecule has 0 aliphatic heterocycles. The van der Waals surface area contributed by atoms with E-state index < -0.39 is 0 Å². The molecule has 0 aromatic rings. The fraction of sp³-hybridized carbons (Fsp3) is 0.923. The molecule has 1 saturated carbocycles. The lowest BCUT2D eigenvalue weighted by molar-refractivity contribution is -0.121. The smallest absolute Gasteiger partial charge is 0.233 e. The Kier molecular flexibility index (Phi) is 4.09. The predicted molar refractivity (Wildman–Crippen MR) is 71.7 cm³/mol. The lowest BCUT2D eigenvalue weighted by Crippen LogP contribution is -2.47. The van der Waals surface area contributed by atoms with Crippen molar-refractivity contribution >= 4 is 21.8 Å². The number of carbonyl (C=O) groups is 1. The molecule has 0 heterocycles. The van der Waals surface area contributed by atoms with Crippen molar-refractivity contribution < 1.29 is 4.79 Å². The van der Waals surface area contributed by atoms with E-state index in [2.05, 4.69) is 48.9 Å². The third-order valence-corrected chi connectivity index (χ3v) is 3.68. The van der Waals surface area contributed by atoms with E-state index >= 15 is 0 Å². The Morgan fingerprint density at radius 3 is 2.06 bits per heavy atom. The average molecular weight is 290 g/mol. The molecule has 1 aliphatic rings. The molecule has 1 amide bonds. The molecule has 1 atom stereocenters. The van der Waals surface area contributed by atoms with Crippen LogP contribution in [0.4, 0.5) is 0 Å². The van der Waals surface area contributed by atoms with E-state index in [9.17, 15) is 4.79 Å². The maximum absolute atomic E-state index is 11.7. The summed E-state index contributed by atoms with van der Waals surface area (Å²) in [5.41, 5.74) is 0.657. The third kappa shape index (κ3) is 4.08. The van der Waals surface area contributed by atoms with Gasteiger partial charge < -0.3 is 5.32 Å². The minimum atomic E-state index is -0.0966. The molecule has 1 rings (SSSR count). The number of amides is 1. The van der Waals surface area contributed by atoms with Gasteiger partial charge in [-0.15, -0.1) is 0 Å². The Morgan fingerprint density at radius 2 is 1.69 bits per heavy atom. The van der Waals surface area contributed by atoms with Crippen LogP contribution >= 0.6 is 15.9 Å². The maximum atomic E-state index is 11.7. The lowest BCUT2D eigenvalue weighted by Gasteiger charge is -2.45. The molecule has 1 unspecified atom stereocenters. The van der Waals surface area contributed by atoms with E-state index in [1.807, 2.05) is 6.92 Å². The third-order valence-electron chi connectivity index (χ3n) is 3.26. The second-order valence-corrected chi connectivity index (χ2v) is 8.11. The minimum Gasteiger partial charge on any atom is -0.352 e. The van der Waals surface area contributed by atoms with Crippen LogP contribution in [0.5, 0.6) is 0 Å². The van der Waals surface area contributed by atoms with Crippen molar-refractivity contribution in [1.29, 1.82) is 0 Å². The number of hydrogen-bond donors (Lipinski definition) is 1. The molecule has 1 N–H and O–H groups in total. The molecule has 0 bridgehead atoms. The minimum absolute atomic E-state index is 0.0966. The molecular weight excluding hydrogens is 266 g/mol. The Balaban J connectivity index is 2.64. The van der Waals surface area contributed by atoms with Gasteiger partial charge in [-0.1, -0.05) is 43.6 Å². The summed E-state index contributed by atoms with van der Waals surface area (Å²) in [4.78, 5) is 11.6. The summed E-state index contributed by atoms with van der Waals surface area (Å²) < 4.78 is 0. The molecule has 0 spiro atoms. The molecule has 3 heteroatoms. The second-order valence-electron chi connectivity index (χ2n) is 6.73. The molecule has 16 heavy (non-hydrogen) atoms. The van der Waals surface area contributed by atoms with Crippen molar-refractivity contribution in [2.75, 3.05) is 0 Å². The van der Waals surface area contributed by atoms with Gasteiger partial charge in [0.15, 0.2) is 0 Å². The summed E-state index contributed by atoms with van der Waals surface area (Å²) in [6, 6.07) is 0.325. The topological polar surface area (TPSA) is 29.1 Å². The van der Waals surface area contributed by atoms with Crippen molar-refractivity contribution in [3.8, 4) is 0 Å². The summed E-state index contributed by atoms with van der Waals surface area (Å²) in [5.74, 6) is 0.110. The summed E-state index contributed by atoms with van der Waals surface area (Å²) >= 11 is 3.31. The number of carbonyl (C=O) groups excluding carboxylic acids is 1. The van der Waals surface area contributed by atoms with Gasteiger partial charge in [0.05, 0.1) is 4.83 Å². The Hall–Kier alpha value is -0.0500. The van der Waals surface area contributed by atoms with Crippen molar-refractivity contribution in [2.45, 2.75) is 64.8 Å². The Labute approximate surface area is 108 Å². The van der Waals surface area contributed by atoms with Crippen molar-refractivity contribution in [3.05, 3.63) is 0 Å². The van der Waals surface area contributed by atoms with E-state index in [1.54, 1.807) is 0 Å². The van der Waals surface area contributed by atoms with Gasteiger partial charge in [0, 0.05) is 6.04 Å². The van der Waals surface area contributed by atoms with Gasteiger partial charge in [-0.25, -0.2) is 0 Å². The molecule has 1 fully saturated rings. The van der Waals surface area contributed by atoms with Crippen molar-refractivity contribution in [3.63, 3.8) is 0 Å². The van der Waals surface area contributed by atoms with Crippen LogP contribution in [0.25, 0.3) is 0 Å². The first-order chi connectivity index (χ1) is 7.11. The van der Waals surface area contributed by atoms with E-state index in [0.29, 0.717) is 16.9 Å². The van der Waals surface area contributed by atoms with Crippen LogP contribution in [-0.4, -0.2) is 16.8 Å². The highest BCUT2D eigenvalue weighted by molar-refractivity contribution is 9.10. The van der Waals surface area contributed by atoms with E-state index in [4.69, 9.17) is 0 Å². The quantitative estimate of drug-likeness (QED) is 0.775. The van der Waals surface area contributed by atoms with Crippen LogP contribution in [0.2, 0.25) is 0 Å². The number of rotatable bonds is 2. The van der Waals surface area contributed by atoms with Crippen LogP contribution in [0.15, 0.2) is 0 Å². The Morgan fingerprint density at radius 1 is 1.25 bits per heavy atom. The van der Waals surface area contributed by atoms with Gasteiger partial charge in [0.1, 0.15) is 0 Å². The van der Waals surface area contributed by atoms with Gasteiger partial charge in [-0.2, -0.15) is 0 Å². The van der Waals surface area contributed by atoms with Gasteiger partial charge in [0.2, 0.25) is 5.91 Å². The van der Waals surface area contributed by atoms with Gasteiger partial charge >= 0.3 is 0 Å². The zero-order valence-corrected chi connectivity index (χ0v) is 12.6. The number of hydrogen-bond acceptors (Lipinski definition) is 1. The molecule has 0 aromatic heterocycles. The first-order valence-corrected chi connectivity index (χ1v) is 6.97. The van der Waals surface area contributed by atoms with E-state index in [-0.39, 0.29) is 10.7 Å². The Bertz CT molecular complexity index is 255. The van der Waals surface area contributed by atoms with Crippen LogP contribution < -0.4 is 5.32 Å². The molecule has 0 radical (unpaired) electrons. The number of nitrogens with one attached hydrogen (secondary N) is 1. The van der Waals surface area contributed by atoms with Gasteiger partial charge in [-0.3, -0.25) is 4.79 Å². The fourth-order valence-corrected chi connectivity index (χ4v) is 3.40. The lowest BCUT2D eigenvalue weighted by atomic mass is 9.63. The molecule has 94 valence electrons. The van der Waals surface area contributed by atoms with Crippen LogP contribution in [0, 0.1) is 10.8 Å². The first kappa shape index (κ1) is 14.0. The fourth-order valence-electron chi connectivity index (χ4n) is 3.26. The number of halogens is 1. The van der Waals surface area contributed by atoms with E-state index in [1.165, 1.54) is 6.42 Å². The summed E-state index contributed by atoms with van der Waals surface area (Å²) in [6.45, 7) is 11.1. The van der Waals surface area contributed by atoms with Crippen molar-refractivity contribution in [2.24, 2.45) is 10.8 Å². The second kappa shape index (κ2) is 4.67. The standard InChI is InChI=1S/C13H24BrNO/c1-9(14)11(16)15-10-6-12(2,3)8-13(4,5)7-10/h9-10H,6-8H2,1-5H3,(H,15,16). The highest BCUT2D eigenvalue weighted by Gasteiger charge is 2.38. The van der Waals surface area contributed by atoms with Crippen LogP contribution in [-0.2, 0) is 4.79 Å². The predicted octanol–water partition coefficient (Wildman–Crippen LogP) is 3.49. The summed E-state index contributed by atoms with van der Waals surface area (Å²) in [5, 5.41) is 3.14. The van der Waals surface area contributed by atoms with Crippen LogP contribution in [0.3, 0.4) is 0 Å². The monoisotopic (exact) mass is 289 g/mol. The summed E-state index contributed by atoms with van der Waals surface area (Å²) in [7, 11) is 0. The zero-order chi connectivity index (χ0) is 12.6. The van der Waals surface area contributed by atoms with E-state index in [0.717, 1.165) is 12.8 Å². The number of alkyl halides is 1. The molecule has 0 saturated heterocycles. The maximum Gasteiger partial charge on any atom is 0.233 e.